The van der Waals surface area contributed by atoms with Gasteiger partial charge in [-0.2, -0.15) is 0 Å². The number of allylic oxidation sites excluding steroid dienone is 1. The molecule has 0 spiro atoms. The highest BCUT2D eigenvalue weighted by Crippen LogP contribution is 2.24. The van der Waals surface area contributed by atoms with Gasteiger partial charge in [0.15, 0.2) is 9.84 Å². The maximum Gasteiger partial charge on any atom is 0.177 e. The van der Waals surface area contributed by atoms with E-state index in [1.54, 1.807) is 13.0 Å². The van der Waals surface area contributed by atoms with Gasteiger partial charge in [0.2, 0.25) is 0 Å². The zero-order valence-electron chi connectivity index (χ0n) is 8.15. The molecule has 1 rings (SSSR count). The number of rotatable bonds is 1. The molecule has 82 valence electrons. The first-order chi connectivity index (χ1) is 5.72. The Bertz CT molecular complexity index is 382. The molecule has 0 fully saturated rings. The van der Waals surface area contributed by atoms with Gasteiger partial charge in [-0.05, 0) is 13.0 Å². The largest absolute Gasteiger partial charge is 0.401 e. The van der Waals surface area contributed by atoms with Crippen molar-refractivity contribution < 1.29 is 8.42 Å². The minimum Gasteiger partial charge on any atom is -0.401 e. The van der Waals surface area contributed by atoms with Crippen LogP contribution in [-0.4, -0.2) is 20.2 Å². The van der Waals surface area contributed by atoms with E-state index < -0.39 is 15.4 Å². The van der Waals surface area contributed by atoms with Crippen LogP contribution < -0.4 is 11.5 Å². The molecule has 1 unspecified atom stereocenters. The molecule has 14 heavy (non-hydrogen) atoms. The zero-order chi connectivity index (χ0) is 10.3. The van der Waals surface area contributed by atoms with Gasteiger partial charge < -0.3 is 11.5 Å². The lowest BCUT2D eigenvalue weighted by Crippen LogP contribution is -2.37. The molecule has 1 aliphatic carbocycles. The SMILES string of the molecule is CC1(N)C=CC(S(C)(=O)=O)=C(N)C1.Cl. The Morgan fingerprint density at radius 3 is 2.36 bits per heavy atom. The maximum atomic E-state index is 11.2. The number of nitrogens with two attached hydrogens (primary N) is 2. The molecule has 4 N–H and O–H groups in total. The maximum absolute atomic E-state index is 11.2. The molecule has 0 heterocycles. The predicted octanol–water partition coefficient (Wildman–Crippen LogP) is 0.300. The molecule has 4 nitrogen and oxygen atoms in total. The van der Waals surface area contributed by atoms with Crippen molar-refractivity contribution in [2.45, 2.75) is 18.9 Å². The first kappa shape index (κ1) is 13.5. The molecule has 0 aliphatic heterocycles. The Labute approximate surface area is 90.4 Å². The van der Waals surface area contributed by atoms with E-state index in [0.717, 1.165) is 6.26 Å². The molecule has 6 heteroatoms. The second-order valence-electron chi connectivity index (χ2n) is 3.68. The van der Waals surface area contributed by atoms with E-state index in [2.05, 4.69) is 0 Å². The number of hydrogen-bond acceptors (Lipinski definition) is 4. The Balaban J connectivity index is 0.00000169. The van der Waals surface area contributed by atoms with E-state index in [1.165, 1.54) is 6.08 Å². The van der Waals surface area contributed by atoms with Crippen LogP contribution in [-0.2, 0) is 9.84 Å². The van der Waals surface area contributed by atoms with Gasteiger partial charge in [-0.15, -0.1) is 12.4 Å². The van der Waals surface area contributed by atoms with Gasteiger partial charge in [-0.25, -0.2) is 8.42 Å². The third-order valence-electron chi connectivity index (χ3n) is 1.90. The minimum absolute atomic E-state index is 0. The number of halogens is 1. The first-order valence-electron chi connectivity index (χ1n) is 3.89. The summed E-state index contributed by atoms with van der Waals surface area (Å²) in [5.74, 6) is 0. The summed E-state index contributed by atoms with van der Waals surface area (Å²) in [7, 11) is -3.21. The summed E-state index contributed by atoms with van der Waals surface area (Å²) in [6, 6.07) is 0. The molecule has 0 aromatic heterocycles. The van der Waals surface area contributed by atoms with E-state index in [-0.39, 0.29) is 17.3 Å². The van der Waals surface area contributed by atoms with E-state index in [9.17, 15) is 8.42 Å². The van der Waals surface area contributed by atoms with Gasteiger partial charge >= 0.3 is 0 Å². The quantitative estimate of drug-likeness (QED) is 0.688. The number of hydrogen-bond donors (Lipinski definition) is 2. The fourth-order valence-electron chi connectivity index (χ4n) is 1.29. The van der Waals surface area contributed by atoms with Crippen LogP contribution in [0.3, 0.4) is 0 Å². The molecule has 0 aromatic carbocycles. The van der Waals surface area contributed by atoms with Crippen LogP contribution in [0.2, 0.25) is 0 Å². The van der Waals surface area contributed by atoms with E-state index in [4.69, 9.17) is 11.5 Å². The zero-order valence-corrected chi connectivity index (χ0v) is 9.78. The Hall–Kier alpha value is -0.520. The van der Waals surface area contributed by atoms with Gasteiger partial charge in [0, 0.05) is 23.9 Å². The van der Waals surface area contributed by atoms with Crippen LogP contribution in [0.5, 0.6) is 0 Å². The Morgan fingerprint density at radius 2 is 2.00 bits per heavy atom. The lowest BCUT2D eigenvalue weighted by molar-refractivity contribution is 0.564. The molecule has 1 aliphatic rings. The van der Waals surface area contributed by atoms with Crippen molar-refractivity contribution in [2.75, 3.05) is 6.26 Å². The van der Waals surface area contributed by atoms with Gasteiger partial charge in [-0.3, -0.25) is 0 Å². The topological polar surface area (TPSA) is 86.2 Å². The first-order valence-corrected chi connectivity index (χ1v) is 5.78. The summed E-state index contributed by atoms with van der Waals surface area (Å²) in [5.41, 5.74) is 11.2. The smallest absolute Gasteiger partial charge is 0.177 e. The second kappa shape index (κ2) is 3.92. The third-order valence-corrected chi connectivity index (χ3v) is 3.10. The van der Waals surface area contributed by atoms with Crippen LogP contribution in [0.25, 0.3) is 0 Å². The highest BCUT2D eigenvalue weighted by molar-refractivity contribution is 7.94. The summed E-state index contributed by atoms with van der Waals surface area (Å²) in [5, 5.41) is 0. The molecule has 0 radical (unpaired) electrons. The van der Waals surface area contributed by atoms with E-state index in [0.29, 0.717) is 12.1 Å². The van der Waals surface area contributed by atoms with Crippen LogP contribution in [0.15, 0.2) is 22.8 Å². The van der Waals surface area contributed by atoms with Gasteiger partial charge in [0.25, 0.3) is 0 Å². The van der Waals surface area contributed by atoms with Crippen molar-refractivity contribution >= 4 is 22.2 Å². The summed E-state index contributed by atoms with van der Waals surface area (Å²) < 4.78 is 22.4. The molecule has 1 atom stereocenters. The van der Waals surface area contributed by atoms with Crippen molar-refractivity contribution in [2.24, 2.45) is 11.5 Å². The van der Waals surface area contributed by atoms with Gasteiger partial charge in [0.1, 0.15) is 0 Å². The van der Waals surface area contributed by atoms with Crippen molar-refractivity contribution in [3.63, 3.8) is 0 Å². The highest BCUT2D eigenvalue weighted by atomic mass is 35.5. The number of sulfone groups is 1. The van der Waals surface area contributed by atoms with Crippen LogP contribution in [0, 0.1) is 0 Å². The molecule has 0 aromatic rings. The Kier molecular flexibility index (Phi) is 3.78. The summed E-state index contributed by atoms with van der Waals surface area (Å²) in [6.07, 6.45) is 4.67. The summed E-state index contributed by atoms with van der Waals surface area (Å²) in [6.45, 7) is 1.80. The molecule has 0 saturated carbocycles. The van der Waals surface area contributed by atoms with Gasteiger partial charge in [0.05, 0.1) is 4.91 Å². The minimum atomic E-state index is -3.21. The van der Waals surface area contributed by atoms with Crippen molar-refractivity contribution in [1.82, 2.24) is 0 Å². The van der Waals surface area contributed by atoms with E-state index >= 15 is 0 Å². The third kappa shape index (κ3) is 3.01. The molecule has 0 bridgehead atoms. The average Bonchev–Trinajstić information content (AvgIpc) is 1.80. The van der Waals surface area contributed by atoms with Crippen LogP contribution >= 0.6 is 12.4 Å². The Morgan fingerprint density at radius 1 is 1.50 bits per heavy atom. The van der Waals surface area contributed by atoms with Gasteiger partial charge in [-0.1, -0.05) is 6.08 Å². The lowest BCUT2D eigenvalue weighted by atomic mass is 9.93. The van der Waals surface area contributed by atoms with Crippen molar-refractivity contribution in [3.05, 3.63) is 22.8 Å². The fraction of sp³-hybridized carbons (Fsp3) is 0.500. The van der Waals surface area contributed by atoms with Crippen LogP contribution in [0.4, 0.5) is 0 Å². The van der Waals surface area contributed by atoms with Crippen molar-refractivity contribution in [1.29, 1.82) is 0 Å². The second-order valence-corrected chi connectivity index (χ2v) is 5.66. The molecular weight excluding hydrogens is 224 g/mol. The highest BCUT2D eigenvalue weighted by Gasteiger charge is 2.25. The molecule has 0 saturated heterocycles. The monoisotopic (exact) mass is 238 g/mol. The van der Waals surface area contributed by atoms with Crippen LogP contribution in [0.1, 0.15) is 13.3 Å². The van der Waals surface area contributed by atoms with E-state index in [1.807, 2.05) is 0 Å². The molecule has 0 amide bonds. The average molecular weight is 239 g/mol. The summed E-state index contributed by atoms with van der Waals surface area (Å²) >= 11 is 0. The van der Waals surface area contributed by atoms with Crippen molar-refractivity contribution in [3.8, 4) is 0 Å². The molecular formula is C8H15ClN2O2S. The summed E-state index contributed by atoms with van der Waals surface area (Å²) in [4.78, 5) is 0.190. The standard InChI is InChI=1S/C8H14N2O2S.ClH/c1-8(10)4-3-7(6(9)5-8)13(2,11)12;/h3-4H,5,9-10H2,1-2H3;1H. The fourth-order valence-corrected chi connectivity index (χ4v) is 2.15. The lowest BCUT2D eigenvalue weighted by Gasteiger charge is -2.25. The normalized spacial score (nSPS) is 27.4. The predicted molar refractivity (Wildman–Crippen MR) is 59.7 cm³/mol.